The summed E-state index contributed by atoms with van der Waals surface area (Å²) in [6, 6.07) is 8.35. The first-order chi connectivity index (χ1) is 12.5. The number of nitrogen functional groups attached to an aromatic ring is 1. The van der Waals surface area contributed by atoms with E-state index in [1.54, 1.807) is 7.11 Å². The molecule has 0 unspecified atom stereocenters. The molecule has 0 aliphatic heterocycles. The van der Waals surface area contributed by atoms with Gasteiger partial charge in [-0.05, 0) is 56.2 Å². The fourth-order valence-corrected chi connectivity index (χ4v) is 3.20. The topological polar surface area (TPSA) is 86.0 Å². The summed E-state index contributed by atoms with van der Waals surface area (Å²) < 4.78 is 18.8. The molecule has 0 bridgehead atoms. The van der Waals surface area contributed by atoms with Crippen molar-refractivity contribution in [3.05, 3.63) is 35.7 Å². The van der Waals surface area contributed by atoms with E-state index in [1.165, 1.54) is 31.7 Å². The SMILES string of the molecule is COc1ccc(CC[C@H](Nc2nc(N)nc([C@@H](C)F)n2)C2CCC2)cc1. The Kier molecular flexibility index (Phi) is 5.85. The zero-order chi connectivity index (χ0) is 18.5. The third-order valence-electron chi connectivity index (χ3n) is 4.96. The lowest BCUT2D eigenvalue weighted by Crippen LogP contribution is -2.35. The third-order valence-corrected chi connectivity index (χ3v) is 4.96. The van der Waals surface area contributed by atoms with Gasteiger partial charge in [0, 0.05) is 6.04 Å². The highest BCUT2D eigenvalue weighted by Crippen LogP contribution is 2.33. The molecule has 3 N–H and O–H groups in total. The summed E-state index contributed by atoms with van der Waals surface area (Å²) in [5, 5.41) is 3.38. The number of nitrogens with zero attached hydrogens (tertiary/aromatic N) is 3. The average molecular weight is 359 g/mol. The number of halogens is 1. The van der Waals surface area contributed by atoms with Gasteiger partial charge >= 0.3 is 0 Å². The van der Waals surface area contributed by atoms with Crippen molar-refractivity contribution in [2.45, 2.75) is 51.2 Å². The van der Waals surface area contributed by atoms with Crippen LogP contribution in [0.1, 0.15) is 50.2 Å². The highest BCUT2D eigenvalue weighted by molar-refractivity contribution is 5.33. The van der Waals surface area contributed by atoms with E-state index in [2.05, 4.69) is 32.4 Å². The number of rotatable bonds is 8. The van der Waals surface area contributed by atoms with Crippen molar-refractivity contribution in [3.8, 4) is 5.75 Å². The van der Waals surface area contributed by atoms with Crippen LogP contribution in [0.15, 0.2) is 24.3 Å². The fourth-order valence-electron chi connectivity index (χ4n) is 3.20. The van der Waals surface area contributed by atoms with E-state index in [0.717, 1.165) is 18.6 Å². The standard InChI is InChI=1S/C19H26FN5O/c1-12(20)17-23-18(21)25-19(24-17)22-16(14-4-3-5-14)11-8-13-6-9-15(26-2)10-7-13/h6-7,9-10,12,14,16H,3-5,8,11H2,1-2H3,(H3,21,22,23,24,25)/t12-,16+/m1/s1. The molecule has 0 amide bonds. The Labute approximate surface area is 153 Å². The number of alkyl halides is 1. The summed E-state index contributed by atoms with van der Waals surface area (Å²) >= 11 is 0. The second kappa shape index (κ2) is 8.29. The predicted octanol–water partition coefficient (Wildman–Crippen LogP) is 3.71. The van der Waals surface area contributed by atoms with Gasteiger partial charge in [-0.1, -0.05) is 18.6 Å². The predicted molar refractivity (Wildman–Crippen MR) is 99.8 cm³/mol. The second-order valence-electron chi connectivity index (χ2n) is 6.82. The van der Waals surface area contributed by atoms with Crippen LogP contribution >= 0.6 is 0 Å². The summed E-state index contributed by atoms with van der Waals surface area (Å²) in [6.07, 6.45) is 4.23. The maximum Gasteiger partial charge on any atom is 0.228 e. The largest absolute Gasteiger partial charge is 0.497 e. The van der Waals surface area contributed by atoms with Crippen molar-refractivity contribution in [1.82, 2.24) is 15.0 Å². The molecule has 1 aliphatic rings. The highest BCUT2D eigenvalue weighted by Gasteiger charge is 2.28. The van der Waals surface area contributed by atoms with E-state index in [9.17, 15) is 4.39 Å². The van der Waals surface area contributed by atoms with E-state index in [-0.39, 0.29) is 17.8 Å². The lowest BCUT2D eigenvalue weighted by atomic mass is 9.78. The summed E-state index contributed by atoms with van der Waals surface area (Å²) in [7, 11) is 1.67. The first kappa shape index (κ1) is 18.4. The molecule has 0 saturated heterocycles. The lowest BCUT2D eigenvalue weighted by Gasteiger charge is -2.34. The Balaban J connectivity index is 1.68. The molecule has 1 aromatic carbocycles. The Morgan fingerprint density at radius 2 is 1.96 bits per heavy atom. The molecule has 1 aliphatic carbocycles. The Morgan fingerprint density at radius 1 is 1.23 bits per heavy atom. The molecule has 2 atom stereocenters. The van der Waals surface area contributed by atoms with Gasteiger partial charge in [0.05, 0.1) is 7.11 Å². The molecule has 0 spiro atoms. The maximum atomic E-state index is 13.6. The molecule has 26 heavy (non-hydrogen) atoms. The number of anilines is 2. The zero-order valence-electron chi connectivity index (χ0n) is 15.3. The van der Waals surface area contributed by atoms with Crippen LogP contribution in [0.2, 0.25) is 0 Å². The van der Waals surface area contributed by atoms with Gasteiger partial charge in [0.25, 0.3) is 0 Å². The molecule has 2 aromatic rings. The number of benzene rings is 1. The summed E-state index contributed by atoms with van der Waals surface area (Å²) in [5.41, 5.74) is 6.96. The molecule has 1 saturated carbocycles. The quantitative estimate of drug-likeness (QED) is 0.747. The third kappa shape index (κ3) is 4.59. The molecule has 0 radical (unpaired) electrons. The molecular weight excluding hydrogens is 333 g/mol. The van der Waals surface area contributed by atoms with E-state index in [4.69, 9.17) is 10.5 Å². The zero-order valence-corrected chi connectivity index (χ0v) is 15.3. The van der Waals surface area contributed by atoms with Gasteiger partial charge in [-0.2, -0.15) is 15.0 Å². The molecule has 3 rings (SSSR count). The number of aromatic nitrogens is 3. The normalized spacial score (nSPS) is 16.6. The number of ether oxygens (including phenoxy) is 1. The van der Waals surface area contributed by atoms with Crippen LogP contribution < -0.4 is 15.8 Å². The first-order valence-electron chi connectivity index (χ1n) is 9.10. The molecule has 140 valence electrons. The highest BCUT2D eigenvalue weighted by atomic mass is 19.1. The van der Waals surface area contributed by atoms with Crippen molar-refractivity contribution in [3.63, 3.8) is 0 Å². The Hall–Kier alpha value is -2.44. The molecule has 1 heterocycles. The van der Waals surface area contributed by atoms with E-state index < -0.39 is 6.17 Å². The number of hydrogen-bond donors (Lipinski definition) is 2. The number of hydrogen-bond acceptors (Lipinski definition) is 6. The van der Waals surface area contributed by atoms with Gasteiger partial charge in [0.1, 0.15) is 5.75 Å². The lowest BCUT2D eigenvalue weighted by molar-refractivity contribution is 0.265. The summed E-state index contributed by atoms with van der Waals surface area (Å²) in [4.78, 5) is 12.2. The smallest absolute Gasteiger partial charge is 0.228 e. The maximum absolute atomic E-state index is 13.6. The average Bonchev–Trinajstić information content (AvgIpc) is 2.58. The minimum atomic E-state index is -1.28. The van der Waals surface area contributed by atoms with Crippen molar-refractivity contribution < 1.29 is 9.13 Å². The number of nitrogens with two attached hydrogens (primary N) is 1. The van der Waals surface area contributed by atoms with Crippen LogP contribution in [-0.4, -0.2) is 28.1 Å². The molecule has 1 aromatic heterocycles. The van der Waals surface area contributed by atoms with Crippen LogP contribution in [-0.2, 0) is 6.42 Å². The molecule has 6 nitrogen and oxygen atoms in total. The molecule has 7 heteroatoms. The van der Waals surface area contributed by atoms with E-state index >= 15 is 0 Å². The van der Waals surface area contributed by atoms with Crippen LogP contribution in [0.5, 0.6) is 5.75 Å². The molecular formula is C19H26FN5O. The van der Waals surface area contributed by atoms with Crippen LogP contribution in [0.25, 0.3) is 0 Å². The van der Waals surface area contributed by atoms with E-state index in [1.807, 2.05) is 12.1 Å². The van der Waals surface area contributed by atoms with Gasteiger partial charge in [-0.15, -0.1) is 0 Å². The van der Waals surface area contributed by atoms with Crippen molar-refractivity contribution in [2.75, 3.05) is 18.2 Å². The first-order valence-corrected chi connectivity index (χ1v) is 9.10. The van der Waals surface area contributed by atoms with Crippen molar-refractivity contribution in [2.24, 2.45) is 5.92 Å². The van der Waals surface area contributed by atoms with Gasteiger partial charge in [-0.25, -0.2) is 4.39 Å². The van der Waals surface area contributed by atoms with Crippen LogP contribution in [0.3, 0.4) is 0 Å². The molecule has 1 fully saturated rings. The number of aryl methyl sites for hydroxylation is 1. The van der Waals surface area contributed by atoms with E-state index in [0.29, 0.717) is 11.9 Å². The van der Waals surface area contributed by atoms with Gasteiger partial charge < -0.3 is 15.8 Å². The number of methoxy groups -OCH3 is 1. The minimum absolute atomic E-state index is 0.0458. The Morgan fingerprint density at radius 3 is 2.54 bits per heavy atom. The van der Waals surface area contributed by atoms with Crippen molar-refractivity contribution in [1.29, 1.82) is 0 Å². The van der Waals surface area contributed by atoms with Crippen molar-refractivity contribution >= 4 is 11.9 Å². The minimum Gasteiger partial charge on any atom is -0.497 e. The van der Waals surface area contributed by atoms with Gasteiger partial charge in [0.15, 0.2) is 12.0 Å². The number of nitrogens with one attached hydrogen (secondary N) is 1. The van der Waals surface area contributed by atoms with Crippen LogP contribution in [0.4, 0.5) is 16.3 Å². The second-order valence-corrected chi connectivity index (χ2v) is 6.82. The van der Waals surface area contributed by atoms with Gasteiger partial charge in [0.2, 0.25) is 11.9 Å². The van der Waals surface area contributed by atoms with Gasteiger partial charge in [-0.3, -0.25) is 0 Å². The monoisotopic (exact) mass is 359 g/mol. The summed E-state index contributed by atoms with van der Waals surface area (Å²) in [6.45, 7) is 1.39. The summed E-state index contributed by atoms with van der Waals surface area (Å²) in [5.74, 6) is 1.92. The van der Waals surface area contributed by atoms with Crippen LogP contribution in [0, 0.1) is 5.92 Å². The fraction of sp³-hybridized carbons (Fsp3) is 0.526. The Bertz CT molecular complexity index is 718.